The summed E-state index contributed by atoms with van der Waals surface area (Å²) in [4.78, 5) is 37.7. The first-order valence-corrected chi connectivity index (χ1v) is 10.6. The van der Waals surface area contributed by atoms with Crippen molar-refractivity contribution in [3.05, 3.63) is 63.2 Å². The number of amides is 1. The van der Waals surface area contributed by atoms with Gasteiger partial charge in [0, 0.05) is 32.2 Å². The molecule has 11 nitrogen and oxygen atoms in total. The molecule has 1 amide bonds. The third kappa shape index (κ3) is 6.42. The molecule has 1 fully saturated rings. The van der Waals surface area contributed by atoms with Gasteiger partial charge in [-0.25, -0.2) is 4.79 Å². The van der Waals surface area contributed by atoms with Crippen LogP contribution in [-0.2, 0) is 27.4 Å². The van der Waals surface area contributed by atoms with Gasteiger partial charge in [-0.05, 0) is 11.1 Å². The molecule has 3 rings (SSSR count). The fraction of sp³-hybridized carbons (Fsp3) is 0.391. The van der Waals surface area contributed by atoms with Gasteiger partial charge in [0.1, 0.15) is 5.56 Å². The number of morpholine rings is 1. The second kappa shape index (κ2) is 12.0. The molecule has 0 saturated carbocycles. The molecule has 1 aliphatic heterocycles. The number of carbonyl (C=O) groups excluding carboxylic acids is 2. The SMILES string of the molecule is COc1cc(C(=O)OCC(=O)NCc2ccccc2CN2CCOCC2)c([N+](=O)[O-])cc1OC. The van der Waals surface area contributed by atoms with Gasteiger partial charge in [0.2, 0.25) is 0 Å². The lowest BCUT2D eigenvalue weighted by Gasteiger charge is -2.27. The van der Waals surface area contributed by atoms with Crippen molar-refractivity contribution < 1.29 is 33.5 Å². The summed E-state index contributed by atoms with van der Waals surface area (Å²) in [6, 6.07) is 9.99. The third-order valence-electron chi connectivity index (χ3n) is 5.34. The van der Waals surface area contributed by atoms with Gasteiger partial charge in [-0.1, -0.05) is 24.3 Å². The van der Waals surface area contributed by atoms with Crippen molar-refractivity contribution in [3.63, 3.8) is 0 Å². The molecule has 0 radical (unpaired) electrons. The maximum Gasteiger partial charge on any atom is 0.345 e. The third-order valence-corrected chi connectivity index (χ3v) is 5.34. The number of ether oxygens (including phenoxy) is 4. The minimum atomic E-state index is -1.02. The molecule has 34 heavy (non-hydrogen) atoms. The van der Waals surface area contributed by atoms with Gasteiger partial charge in [-0.15, -0.1) is 0 Å². The van der Waals surface area contributed by atoms with Crippen molar-refractivity contribution in [2.24, 2.45) is 0 Å². The van der Waals surface area contributed by atoms with Crippen LogP contribution in [0.25, 0.3) is 0 Å². The number of carbonyl (C=O) groups is 2. The van der Waals surface area contributed by atoms with E-state index in [4.69, 9.17) is 18.9 Å². The normalized spacial score (nSPS) is 13.7. The van der Waals surface area contributed by atoms with Gasteiger partial charge in [0.15, 0.2) is 18.1 Å². The van der Waals surface area contributed by atoms with Crippen molar-refractivity contribution >= 4 is 17.6 Å². The quantitative estimate of drug-likeness (QED) is 0.312. The number of hydrogen-bond acceptors (Lipinski definition) is 9. The van der Waals surface area contributed by atoms with Gasteiger partial charge in [-0.2, -0.15) is 0 Å². The Labute approximate surface area is 196 Å². The number of nitrogens with one attached hydrogen (secondary N) is 1. The Bertz CT molecular complexity index is 1040. The van der Waals surface area contributed by atoms with Crippen molar-refractivity contribution in [2.45, 2.75) is 13.1 Å². The highest BCUT2D eigenvalue weighted by atomic mass is 16.6. The highest BCUT2D eigenvalue weighted by Gasteiger charge is 2.26. The summed E-state index contributed by atoms with van der Waals surface area (Å²) in [6.45, 7) is 3.50. The number of benzene rings is 2. The number of methoxy groups -OCH3 is 2. The minimum absolute atomic E-state index is 0.0965. The maximum absolute atomic E-state index is 12.5. The molecule has 1 N–H and O–H groups in total. The Hall–Kier alpha value is -3.70. The molecule has 0 unspecified atom stereocenters. The Morgan fingerprint density at radius 2 is 1.74 bits per heavy atom. The highest BCUT2D eigenvalue weighted by molar-refractivity contribution is 5.96. The molecule has 1 aliphatic rings. The van der Waals surface area contributed by atoms with E-state index in [1.54, 1.807) is 0 Å². The zero-order chi connectivity index (χ0) is 24.5. The second-order valence-electron chi connectivity index (χ2n) is 7.49. The van der Waals surface area contributed by atoms with E-state index >= 15 is 0 Å². The van der Waals surface area contributed by atoms with E-state index < -0.39 is 29.1 Å². The predicted octanol–water partition coefficient (Wildman–Crippen LogP) is 1.92. The van der Waals surface area contributed by atoms with Crippen LogP contribution in [0.5, 0.6) is 11.5 Å². The van der Waals surface area contributed by atoms with Crippen LogP contribution in [0.4, 0.5) is 5.69 Å². The Balaban J connectivity index is 1.59. The largest absolute Gasteiger partial charge is 0.493 e. The molecule has 2 aromatic carbocycles. The van der Waals surface area contributed by atoms with Crippen molar-refractivity contribution in [1.29, 1.82) is 0 Å². The fourth-order valence-corrected chi connectivity index (χ4v) is 3.52. The summed E-state index contributed by atoms with van der Waals surface area (Å²) in [5.41, 5.74) is 1.18. The van der Waals surface area contributed by atoms with E-state index in [1.165, 1.54) is 14.2 Å². The van der Waals surface area contributed by atoms with E-state index in [1.807, 2.05) is 24.3 Å². The van der Waals surface area contributed by atoms with E-state index in [0.29, 0.717) is 13.2 Å². The van der Waals surface area contributed by atoms with Gasteiger partial charge >= 0.3 is 5.97 Å². The van der Waals surface area contributed by atoms with Crippen LogP contribution in [0.1, 0.15) is 21.5 Å². The number of esters is 1. The number of nitrogens with zero attached hydrogens (tertiary/aromatic N) is 2. The lowest BCUT2D eigenvalue weighted by molar-refractivity contribution is -0.385. The predicted molar refractivity (Wildman–Crippen MR) is 121 cm³/mol. The lowest BCUT2D eigenvalue weighted by atomic mass is 10.1. The average molecular weight is 473 g/mol. The van der Waals surface area contributed by atoms with E-state index in [-0.39, 0.29) is 23.6 Å². The lowest BCUT2D eigenvalue weighted by Crippen LogP contribution is -2.36. The monoisotopic (exact) mass is 473 g/mol. The van der Waals surface area contributed by atoms with Crippen LogP contribution < -0.4 is 14.8 Å². The van der Waals surface area contributed by atoms with Crippen LogP contribution in [0.15, 0.2) is 36.4 Å². The zero-order valence-electron chi connectivity index (χ0n) is 19.1. The van der Waals surface area contributed by atoms with Crippen molar-refractivity contribution in [1.82, 2.24) is 10.2 Å². The Kier molecular flexibility index (Phi) is 8.77. The van der Waals surface area contributed by atoms with Crippen LogP contribution in [0.2, 0.25) is 0 Å². The van der Waals surface area contributed by atoms with Crippen molar-refractivity contribution in [3.8, 4) is 11.5 Å². The summed E-state index contributed by atoms with van der Waals surface area (Å²) in [5.74, 6) is -1.33. The number of rotatable bonds is 10. The average Bonchev–Trinajstić information content (AvgIpc) is 2.86. The molecule has 0 bridgehead atoms. The van der Waals surface area contributed by atoms with Crippen LogP contribution in [0.3, 0.4) is 0 Å². The smallest absolute Gasteiger partial charge is 0.345 e. The highest BCUT2D eigenvalue weighted by Crippen LogP contribution is 2.34. The first-order chi connectivity index (χ1) is 16.4. The van der Waals surface area contributed by atoms with Gasteiger partial charge in [0.25, 0.3) is 11.6 Å². The molecule has 182 valence electrons. The summed E-state index contributed by atoms with van der Waals surface area (Å²) >= 11 is 0. The van der Waals surface area contributed by atoms with E-state index in [2.05, 4.69) is 10.2 Å². The summed E-state index contributed by atoms with van der Waals surface area (Å²) < 4.78 is 20.5. The molecule has 0 spiro atoms. The summed E-state index contributed by atoms with van der Waals surface area (Å²) in [6.07, 6.45) is 0. The van der Waals surface area contributed by atoms with Gasteiger partial charge in [0.05, 0.1) is 38.4 Å². The molecule has 11 heteroatoms. The second-order valence-corrected chi connectivity index (χ2v) is 7.49. The van der Waals surface area contributed by atoms with E-state index in [0.717, 1.165) is 42.9 Å². The number of nitro benzene ring substituents is 1. The van der Waals surface area contributed by atoms with Crippen LogP contribution in [0, 0.1) is 10.1 Å². The van der Waals surface area contributed by atoms with Crippen LogP contribution >= 0.6 is 0 Å². The van der Waals surface area contributed by atoms with Crippen molar-refractivity contribution in [2.75, 3.05) is 47.1 Å². The van der Waals surface area contributed by atoms with Gasteiger partial charge < -0.3 is 24.3 Å². The number of nitro groups is 1. The molecular weight excluding hydrogens is 446 g/mol. The topological polar surface area (TPSA) is 129 Å². The molecule has 0 aliphatic carbocycles. The first-order valence-electron chi connectivity index (χ1n) is 10.6. The van der Waals surface area contributed by atoms with E-state index in [9.17, 15) is 19.7 Å². The molecular formula is C23H27N3O8. The van der Waals surface area contributed by atoms with Crippen LogP contribution in [-0.4, -0.2) is 68.8 Å². The molecule has 2 aromatic rings. The van der Waals surface area contributed by atoms with Gasteiger partial charge in [-0.3, -0.25) is 19.8 Å². The molecule has 0 aromatic heterocycles. The molecule has 1 saturated heterocycles. The zero-order valence-corrected chi connectivity index (χ0v) is 19.1. The standard InChI is InChI=1S/C23H27N3O8/c1-31-20-11-18(19(26(29)30)12-21(20)32-2)23(28)34-15-22(27)24-13-16-5-3-4-6-17(16)14-25-7-9-33-10-8-25/h3-6,11-12H,7-10,13-15H2,1-2H3,(H,24,27). The molecule has 0 atom stereocenters. The first kappa shape index (κ1) is 24.9. The minimum Gasteiger partial charge on any atom is -0.493 e. The summed E-state index contributed by atoms with van der Waals surface area (Å²) in [7, 11) is 2.66. The molecule has 1 heterocycles. The fourth-order valence-electron chi connectivity index (χ4n) is 3.52. The summed E-state index contributed by atoms with van der Waals surface area (Å²) in [5, 5.41) is 14.1. The Morgan fingerprint density at radius 3 is 2.38 bits per heavy atom. The maximum atomic E-state index is 12.5. The number of hydrogen-bond donors (Lipinski definition) is 1. The Morgan fingerprint density at radius 1 is 1.09 bits per heavy atom.